The number of hydrogen-bond donors (Lipinski definition) is 1. The lowest BCUT2D eigenvalue weighted by molar-refractivity contribution is 0.123. The van der Waals surface area contributed by atoms with Crippen molar-refractivity contribution in [2.24, 2.45) is 5.92 Å². The molecule has 0 bridgehead atoms. The van der Waals surface area contributed by atoms with Crippen molar-refractivity contribution in [3.63, 3.8) is 0 Å². The predicted octanol–water partition coefficient (Wildman–Crippen LogP) is 1.67. The summed E-state index contributed by atoms with van der Waals surface area (Å²) in [6.07, 6.45) is 1.23. The molecule has 0 radical (unpaired) electrons. The van der Waals surface area contributed by atoms with E-state index >= 15 is 0 Å². The Bertz CT molecular complexity index is 362. The topological polar surface area (TPSA) is 24.5 Å². The zero-order valence-corrected chi connectivity index (χ0v) is 10.8. The summed E-state index contributed by atoms with van der Waals surface area (Å²) in [5.74, 6) is 0.731. The van der Waals surface area contributed by atoms with Crippen LogP contribution in [0.15, 0.2) is 30.3 Å². The van der Waals surface area contributed by atoms with Crippen LogP contribution in [0.2, 0.25) is 0 Å². The summed E-state index contributed by atoms with van der Waals surface area (Å²) < 4.78 is 5.50. The van der Waals surface area contributed by atoms with Crippen LogP contribution in [0.3, 0.4) is 0 Å². The summed E-state index contributed by atoms with van der Waals surface area (Å²) in [6, 6.07) is 11.4. The van der Waals surface area contributed by atoms with Crippen molar-refractivity contribution < 1.29 is 4.74 Å². The summed E-state index contributed by atoms with van der Waals surface area (Å²) in [7, 11) is 0. The molecule has 1 aromatic rings. The first-order valence-electron chi connectivity index (χ1n) is 7.01. The Kier molecular flexibility index (Phi) is 3.93. The lowest BCUT2D eigenvalue weighted by atomic mass is 10.0. The summed E-state index contributed by atoms with van der Waals surface area (Å²) in [4.78, 5) is 2.63. The lowest BCUT2D eigenvalue weighted by Crippen LogP contribution is -2.47. The Labute approximate surface area is 109 Å². The van der Waals surface area contributed by atoms with Crippen LogP contribution in [-0.4, -0.2) is 44.3 Å². The molecule has 2 unspecified atom stereocenters. The molecular weight excluding hydrogens is 224 g/mol. The van der Waals surface area contributed by atoms with E-state index in [2.05, 4.69) is 40.5 Å². The molecule has 2 fully saturated rings. The van der Waals surface area contributed by atoms with Crippen LogP contribution in [0.25, 0.3) is 0 Å². The molecule has 2 saturated heterocycles. The number of nitrogens with zero attached hydrogens (tertiary/aromatic N) is 1. The fourth-order valence-electron chi connectivity index (χ4n) is 3.03. The highest BCUT2D eigenvalue weighted by Crippen LogP contribution is 2.25. The van der Waals surface area contributed by atoms with Crippen molar-refractivity contribution in [1.82, 2.24) is 10.2 Å². The van der Waals surface area contributed by atoms with Gasteiger partial charge in [-0.2, -0.15) is 0 Å². The third-order valence-electron chi connectivity index (χ3n) is 4.06. The van der Waals surface area contributed by atoms with Gasteiger partial charge in [0.1, 0.15) is 0 Å². The minimum Gasteiger partial charge on any atom is -0.381 e. The maximum atomic E-state index is 5.50. The number of ether oxygens (including phenoxy) is 1. The van der Waals surface area contributed by atoms with E-state index in [9.17, 15) is 0 Å². The first-order valence-corrected chi connectivity index (χ1v) is 7.01. The van der Waals surface area contributed by atoms with Gasteiger partial charge in [-0.15, -0.1) is 0 Å². The summed E-state index contributed by atoms with van der Waals surface area (Å²) in [5, 5.41) is 3.52. The van der Waals surface area contributed by atoms with Crippen LogP contribution in [0.1, 0.15) is 18.0 Å². The first-order chi connectivity index (χ1) is 8.93. The zero-order chi connectivity index (χ0) is 12.2. The van der Waals surface area contributed by atoms with Gasteiger partial charge in [0.05, 0.1) is 6.61 Å². The van der Waals surface area contributed by atoms with E-state index in [1.165, 1.54) is 18.5 Å². The Hall–Kier alpha value is -0.900. The van der Waals surface area contributed by atoms with Crippen molar-refractivity contribution in [2.75, 3.05) is 39.4 Å². The third kappa shape index (κ3) is 2.74. The van der Waals surface area contributed by atoms with Crippen LogP contribution in [0.4, 0.5) is 0 Å². The van der Waals surface area contributed by atoms with E-state index in [1.807, 2.05) is 0 Å². The van der Waals surface area contributed by atoms with Crippen LogP contribution in [0, 0.1) is 5.92 Å². The highest BCUT2D eigenvalue weighted by molar-refractivity contribution is 5.20. The minimum atomic E-state index is 0.528. The normalized spacial score (nSPS) is 29.6. The summed E-state index contributed by atoms with van der Waals surface area (Å²) in [6.45, 7) is 6.41. The highest BCUT2D eigenvalue weighted by Gasteiger charge is 2.27. The fourth-order valence-corrected chi connectivity index (χ4v) is 3.03. The van der Waals surface area contributed by atoms with Gasteiger partial charge in [-0.05, 0) is 17.9 Å². The van der Waals surface area contributed by atoms with Gasteiger partial charge in [0, 0.05) is 38.8 Å². The number of piperazine rings is 1. The molecule has 2 aliphatic heterocycles. The average Bonchev–Trinajstić information content (AvgIpc) is 2.93. The Morgan fingerprint density at radius 3 is 2.94 bits per heavy atom. The Balaban J connectivity index is 1.69. The van der Waals surface area contributed by atoms with Crippen LogP contribution in [-0.2, 0) is 4.74 Å². The average molecular weight is 246 g/mol. The second-order valence-electron chi connectivity index (χ2n) is 5.36. The quantitative estimate of drug-likeness (QED) is 0.878. The minimum absolute atomic E-state index is 0.528. The van der Waals surface area contributed by atoms with E-state index in [-0.39, 0.29) is 0 Å². The summed E-state index contributed by atoms with van der Waals surface area (Å²) in [5.41, 5.74) is 1.43. The molecule has 0 spiro atoms. The first kappa shape index (κ1) is 12.2. The molecule has 18 heavy (non-hydrogen) atoms. The second kappa shape index (κ2) is 5.83. The maximum absolute atomic E-state index is 5.50. The van der Waals surface area contributed by atoms with E-state index in [4.69, 9.17) is 4.74 Å². The number of benzene rings is 1. The Morgan fingerprint density at radius 2 is 2.17 bits per heavy atom. The van der Waals surface area contributed by atoms with Gasteiger partial charge in [0.15, 0.2) is 0 Å². The molecule has 2 aliphatic rings. The number of rotatable bonds is 3. The predicted molar refractivity (Wildman–Crippen MR) is 72.6 cm³/mol. The molecule has 2 heterocycles. The lowest BCUT2D eigenvalue weighted by Gasteiger charge is -2.37. The zero-order valence-electron chi connectivity index (χ0n) is 10.8. The van der Waals surface area contributed by atoms with Crippen molar-refractivity contribution in [1.29, 1.82) is 0 Å². The SMILES string of the molecule is c1ccc(C2CNCCN2CC2CCOC2)cc1. The van der Waals surface area contributed by atoms with E-state index in [0.29, 0.717) is 6.04 Å². The molecule has 98 valence electrons. The molecule has 0 amide bonds. The molecule has 3 nitrogen and oxygen atoms in total. The molecule has 2 atom stereocenters. The third-order valence-corrected chi connectivity index (χ3v) is 4.06. The molecule has 0 aliphatic carbocycles. The molecular formula is C15H22N2O. The Morgan fingerprint density at radius 1 is 1.28 bits per heavy atom. The fraction of sp³-hybridized carbons (Fsp3) is 0.600. The van der Waals surface area contributed by atoms with Gasteiger partial charge >= 0.3 is 0 Å². The molecule has 1 N–H and O–H groups in total. The molecule has 0 saturated carbocycles. The van der Waals surface area contributed by atoms with Gasteiger partial charge < -0.3 is 10.1 Å². The maximum Gasteiger partial charge on any atom is 0.0507 e. The highest BCUT2D eigenvalue weighted by atomic mass is 16.5. The second-order valence-corrected chi connectivity index (χ2v) is 5.36. The van der Waals surface area contributed by atoms with E-state index in [1.54, 1.807) is 0 Å². The van der Waals surface area contributed by atoms with Gasteiger partial charge in [-0.3, -0.25) is 4.90 Å². The van der Waals surface area contributed by atoms with Crippen molar-refractivity contribution >= 4 is 0 Å². The smallest absolute Gasteiger partial charge is 0.0507 e. The van der Waals surface area contributed by atoms with Gasteiger partial charge in [0.2, 0.25) is 0 Å². The van der Waals surface area contributed by atoms with Crippen LogP contribution < -0.4 is 5.32 Å². The number of nitrogens with one attached hydrogen (secondary N) is 1. The van der Waals surface area contributed by atoms with Gasteiger partial charge in [-0.1, -0.05) is 30.3 Å². The molecule has 0 aromatic heterocycles. The molecule has 3 rings (SSSR count). The largest absolute Gasteiger partial charge is 0.381 e. The van der Waals surface area contributed by atoms with Gasteiger partial charge in [0.25, 0.3) is 0 Å². The van der Waals surface area contributed by atoms with E-state index < -0.39 is 0 Å². The molecule has 3 heteroatoms. The van der Waals surface area contributed by atoms with Crippen LogP contribution in [0.5, 0.6) is 0 Å². The summed E-state index contributed by atoms with van der Waals surface area (Å²) >= 11 is 0. The molecule has 1 aromatic carbocycles. The standard InChI is InChI=1S/C15H22N2O/c1-2-4-14(5-3-1)15-10-16-7-8-17(15)11-13-6-9-18-12-13/h1-5,13,15-16H,6-12H2. The van der Waals surface area contributed by atoms with Crippen molar-refractivity contribution in [3.8, 4) is 0 Å². The monoisotopic (exact) mass is 246 g/mol. The van der Waals surface area contributed by atoms with Gasteiger partial charge in [-0.25, -0.2) is 0 Å². The van der Waals surface area contributed by atoms with Crippen molar-refractivity contribution in [2.45, 2.75) is 12.5 Å². The van der Waals surface area contributed by atoms with E-state index in [0.717, 1.165) is 38.8 Å². The van der Waals surface area contributed by atoms with Crippen LogP contribution >= 0.6 is 0 Å². The van der Waals surface area contributed by atoms with Crippen molar-refractivity contribution in [3.05, 3.63) is 35.9 Å². The number of hydrogen-bond acceptors (Lipinski definition) is 3.